The van der Waals surface area contributed by atoms with Crippen LogP contribution in [0.5, 0.6) is 11.5 Å². The number of hydrogen-bond donors (Lipinski definition) is 2. The van der Waals surface area contributed by atoms with E-state index in [0.717, 1.165) is 0 Å². The van der Waals surface area contributed by atoms with Gasteiger partial charge in [0.05, 0.1) is 32.3 Å². The van der Waals surface area contributed by atoms with Crippen molar-refractivity contribution in [2.24, 2.45) is 5.92 Å². The molecule has 1 amide bonds. The molecule has 1 atom stereocenters. The second-order valence-electron chi connectivity index (χ2n) is 6.59. The maximum Gasteiger partial charge on any atom is 0.305 e. The normalized spacial score (nSPS) is 13.2. The zero-order valence-corrected chi connectivity index (χ0v) is 15.4. The Morgan fingerprint density at radius 1 is 1.24 bits per heavy atom. The summed E-state index contributed by atoms with van der Waals surface area (Å²) in [5, 5.41) is 11.8. The largest absolute Gasteiger partial charge is 0.493 e. The van der Waals surface area contributed by atoms with Gasteiger partial charge in [-0.05, 0) is 31.0 Å². The summed E-state index contributed by atoms with van der Waals surface area (Å²) < 4.78 is 16.0. The van der Waals surface area contributed by atoms with Crippen molar-refractivity contribution < 1.29 is 28.9 Å². The fourth-order valence-electron chi connectivity index (χ4n) is 2.31. The van der Waals surface area contributed by atoms with Crippen molar-refractivity contribution in [3.05, 3.63) is 23.8 Å². The maximum atomic E-state index is 12.5. The summed E-state index contributed by atoms with van der Waals surface area (Å²) in [6, 6.07) is 4.85. The molecule has 0 fully saturated rings. The van der Waals surface area contributed by atoms with E-state index in [2.05, 4.69) is 5.32 Å². The predicted octanol–water partition coefficient (Wildman–Crippen LogP) is 2.34. The summed E-state index contributed by atoms with van der Waals surface area (Å²) in [6.45, 7) is 6.31. The van der Waals surface area contributed by atoms with Crippen LogP contribution >= 0.6 is 0 Å². The van der Waals surface area contributed by atoms with Crippen LogP contribution in [0.3, 0.4) is 0 Å². The fourth-order valence-corrected chi connectivity index (χ4v) is 2.31. The number of carbonyl (C=O) groups is 2. The highest BCUT2D eigenvalue weighted by atomic mass is 16.5. The van der Waals surface area contributed by atoms with E-state index in [1.165, 1.54) is 14.2 Å². The maximum absolute atomic E-state index is 12.5. The second-order valence-corrected chi connectivity index (χ2v) is 6.59. The fraction of sp³-hybridized carbons (Fsp3) is 0.556. The Kier molecular flexibility index (Phi) is 7.70. The minimum atomic E-state index is -1.02. The Morgan fingerprint density at radius 3 is 2.44 bits per heavy atom. The lowest BCUT2D eigenvalue weighted by molar-refractivity contribution is -0.139. The first-order chi connectivity index (χ1) is 11.7. The molecule has 7 heteroatoms. The summed E-state index contributed by atoms with van der Waals surface area (Å²) in [7, 11) is 2.95. The number of carboxylic acids is 1. The molecule has 0 bridgehead atoms. The quantitative estimate of drug-likeness (QED) is 0.670. The Labute approximate surface area is 148 Å². The van der Waals surface area contributed by atoms with Crippen molar-refractivity contribution in [3.63, 3.8) is 0 Å². The number of amides is 1. The zero-order chi connectivity index (χ0) is 19.0. The molecule has 7 nitrogen and oxygen atoms in total. The van der Waals surface area contributed by atoms with Crippen LogP contribution in [0.1, 0.15) is 37.6 Å². The molecule has 0 saturated carbocycles. The van der Waals surface area contributed by atoms with E-state index in [9.17, 15) is 9.59 Å². The first-order valence-electron chi connectivity index (χ1n) is 8.05. The molecule has 1 aromatic carbocycles. The van der Waals surface area contributed by atoms with Gasteiger partial charge in [-0.2, -0.15) is 0 Å². The lowest BCUT2D eigenvalue weighted by Crippen LogP contribution is -2.50. The standard InChI is InChI=1S/C18H27NO6/c1-12(2)10-25-14-7-6-13(8-15(14)24-5)17(22)19-18(3,11-23-4)9-16(20)21/h6-8,12H,9-11H2,1-5H3,(H,19,22)(H,20,21). The molecular formula is C18H27NO6. The zero-order valence-electron chi connectivity index (χ0n) is 15.4. The first-order valence-corrected chi connectivity index (χ1v) is 8.05. The smallest absolute Gasteiger partial charge is 0.305 e. The topological polar surface area (TPSA) is 94.1 Å². The Bertz CT molecular complexity index is 601. The Morgan fingerprint density at radius 2 is 1.92 bits per heavy atom. The van der Waals surface area contributed by atoms with Gasteiger partial charge in [-0.3, -0.25) is 9.59 Å². The van der Waals surface area contributed by atoms with Gasteiger partial charge in [-0.25, -0.2) is 0 Å². The van der Waals surface area contributed by atoms with Gasteiger partial charge in [0.2, 0.25) is 0 Å². The van der Waals surface area contributed by atoms with Crippen LogP contribution in [0.15, 0.2) is 18.2 Å². The van der Waals surface area contributed by atoms with Crippen LogP contribution in [0.2, 0.25) is 0 Å². The number of carbonyl (C=O) groups excluding carboxylic acids is 1. The number of ether oxygens (including phenoxy) is 3. The van der Waals surface area contributed by atoms with Gasteiger partial charge < -0.3 is 24.6 Å². The third-order valence-corrected chi connectivity index (χ3v) is 3.42. The van der Waals surface area contributed by atoms with E-state index < -0.39 is 17.4 Å². The van der Waals surface area contributed by atoms with Gasteiger partial charge in [0, 0.05) is 12.7 Å². The van der Waals surface area contributed by atoms with Gasteiger partial charge in [0.1, 0.15) is 0 Å². The predicted molar refractivity (Wildman–Crippen MR) is 93.3 cm³/mol. The molecule has 25 heavy (non-hydrogen) atoms. The number of hydrogen-bond acceptors (Lipinski definition) is 5. The third kappa shape index (κ3) is 6.62. The molecule has 0 heterocycles. The van der Waals surface area contributed by atoms with E-state index in [1.54, 1.807) is 25.1 Å². The van der Waals surface area contributed by atoms with Crippen LogP contribution in [-0.4, -0.2) is 50.0 Å². The highest BCUT2D eigenvalue weighted by molar-refractivity contribution is 5.95. The molecule has 0 aliphatic rings. The highest BCUT2D eigenvalue weighted by Crippen LogP contribution is 2.28. The molecule has 0 aliphatic heterocycles. The number of rotatable bonds is 10. The molecule has 0 aromatic heterocycles. The van der Waals surface area contributed by atoms with Crippen molar-refractivity contribution in [2.45, 2.75) is 32.7 Å². The van der Waals surface area contributed by atoms with E-state index >= 15 is 0 Å². The average molecular weight is 353 g/mol. The monoisotopic (exact) mass is 353 g/mol. The molecule has 1 rings (SSSR count). The first kappa shape index (κ1) is 20.8. The number of nitrogens with one attached hydrogen (secondary N) is 1. The number of methoxy groups -OCH3 is 2. The minimum absolute atomic E-state index is 0.0811. The van der Waals surface area contributed by atoms with Crippen molar-refractivity contribution in [1.82, 2.24) is 5.32 Å². The summed E-state index contributed by atoms with van der Waals surface area (Å²) in [5.41, 5.74) is -0.668. The summed E-state index contributed by atoms with van der Waals surface area (Å²) >= 11 is 0. The number of carboxylic acid groups (broad SMARTS) is 1. The molecule has 1 unspecified atom stereocenters. The average Bonchev–Trinajstić information content (AvgIpc) is 2.51. The van der Waals surface area contributed by atoms with Crippen molar-refractivity contribution >= 4 is 11.9 Å². The molecule has 0 saturated heterocycles. The Hall–Kier alpha value is -2.28. The summed E-state index contributed by atoms with van der Waals surface area (Å²) in [4.78, 5) is 23.5. The highest BCUT2D eigenvalue weighted by Gasteiger charge is 2.30. The van der Waals surface area contributed by atoms with Crippen molar-refractivity contribution in [1.29, 1.82) is 0 Å². The van der Waals surface area contributed by atoms with E-state index in [-0.39, 0.29) is 13.0 Å². The molecule has 1 aromatic rings. The van der Waals surface area contributed by atoms with Crippen LogP contribution in [-0.2, 0) is 9.53 Å². The van der Waals surface area contributed by atoms with Crippen molar-refractivity contribution in [3.8, 4) is 11.5 Å². The van der Waals surface area contributed by atoms with E-state index in [0.29, 0.717) is 29.6 Å². The molecule has 140 valence electrons. The van der Waals surface area contributed by atoms with E-state index in [1.807, 2.05) is 13.8 Å². The minimum Gasteiger partial charge on any atom is -0.493 e. The van der Waals surface area contributed by atoms with E-state index in [4.69, 9.17) is 19.3 Å². The molecule has 0 radical (unpaired) electrons. The third-order valence-electron chi connectivity index (χ3n) is 3.42. The molecule has 2 N–H and O–H groups in total. The molecule has 0 spiro atoms. The molecular weight excluding hydrogens is 326 g/mol. The van der Waals surface area contributed by atoms with Crippen LogP contribution < -0.4 is 14.8 Å². The van der Waals surface area contributed by atoms with Crippen LogP contribution in [0.25, 0.3) is 0 Å². The van der Waals surface area contributed by atoms with Crippen LogP contribution in [0.4, 0.5) is 0 Å². The molecule has 0 aliphatic carbocycles. The number of aliphatic carboxylic acids is 1. The van der Waals surface area contributed by atoms with Gasteiger partial charge >= 0.3 is 5.97 Å². The summed E-state index contributed by atoms with van der Waals surface area (Å²) in [6.07, 6.45) is -0.251. The van der Waals surface area contributed by atoms with Gasteiger partial charge in [0.25, 0.3) is 5.91 Å². The number of benzene rings is 1. The lowest BCUT2D eigenvalue weighted by atomic mass is 9.98. The lowest BCUT2D eigenvalue weighted by Gasteiger charge is -2.28. The van der Waals surface area contributed by atoms with Gasteiger partial charge in [-0.1, -0.05) is 13.8 Å². The van der Waals surface area contributed by atoms with Crippen LogP contribution in [0, 0.1) is 5.92 Å². The Balaban J connectivity index is 2.95. The second kappa shape index (κ2) is 9.27. The summed E-state index contributed by atoms with van der Waals surface area (Å²) in [5.74, 6) is -0.0688. The van der Waals surface area contributed by atoms with Gasteiger partial charge in [0.15, 0.2) is 11.5 Å². The van der Waals surface area contributed by atoms with Gasteiger partial charge in [-0.15, -0.1) is 0 Å². The van der Waals surface area contributed by atoms with Crippen molar-refractivity contribution in [2.75, 3.05) is 27.4 Å². The SMILES string of the molecule is COCC(C)(CC(=O)O)NC(=O)c1ccc(OCC(C)C)c(OC)c1.